The van der Waals surface area contributed by atoms with Gasteiger partial charge >= 0.3 is 0 Å². The quantitative estimate of drug-likeness (QED) is 0.538. The molecule has 1 heterocycles. The maximum absolute atomic E-state index is 5.62. The highest BCUT2D eigenvalue weighted by Gasteiger charge is 2.19. The summed E-state index contributed by atoms with van der Waals surface area (Å²) in [5.74, 6) is 0.814. The van der Waals surface area contributed by atoms with Gasteiger partial charge in [0.05, 0.1) is 0 Å². The van der Waals surface area contributed by atoms with E-state index in [1.54, 1.807) is 0 Å². The Morgan fingerprint density at radius 2 is 2.44 bits per heavy atom. The molecule has 0 aliphatic carbocycles. The highest BCUT2D eigenvalue weighted by molar-refractivity contribution is 6.17. The molecule has 0 radical (unpaired) electrons. The molecule has 0 spiro atoms. The summed E-state index contributed by atoms with van der Waals surface area (Å²) >= 11 is 5.62. The van der Waals surface area contributed by atoms with Gasteiger partial charge in [-0.25, -0.2) is 0 Å². The van der Waals surface area contributed by atoms with Gasteiger partial charge in [-0.2, -0.15) is 0 Å². The second-order valence-electron chi connectivity index (χ2n) is 2.75. The molecular formula is C7H14ClN. The number of halogens is 1. The molecule has 1 aliphatic heterocycles. The van der Waals surface area contributed by atoms with E-state index in [2.05, 4.69) is 11.9 Å². The molecule has 1 atom stereocenters. The predicted octanol–water partition coefficient (Wildman–Crippen LogP) is 1.71. The van der Waals surface area contributed by atoms with Crippen LogP contribution in [0.4, 0.5) is 0 Å². The average molecular weight is 148 g/mol. The molecule has 0 amide bonds. The Bertz CT molecular complexity index is 85.0. The zero-order chi connectivity index (χ0) is 6.69. The molecule has 1 nitrogen and oxygen atoms in total. The van der Waals surface area contributed by atoms with Crippen molar-refractivity contribution < 1.29 is 0 Å². The molecule has 0 saturated carbocycles. The van der Waals surface area contributed by atoms with Crippen molar-refractivity contribution in [3.8, 4) is 0 Å². The van der Waals surface area contributed by atoms with Gasteiger partial charge in [0.1, 0.15) is 0 Å². The maximum atomic E-state index is 5.62. The molecule has 2 heteroatoms. The van der Waals surface area contributed by atoms with E-state index in [1.807, 2.05) is 0 Å². The number of alkyl halides is 1. The van der Waals surface area contributed by atoms with Gasteiger partial charge in [-0.1, -0.05) is 0 Å². The first-order valence-electron chi connectivity index (χ1n) is 3.61. The minimum absolute atomic E-state index is 0.780. The SMILES string of the molecule is CN1CCC[C@@H]1CCCl. The number of rotatable bonds is 2. The highest BCUT2D eigenvalue weighted by atomic mass is 35.5. The lowest BCUT2D eigenvalue weighted by atomic mass is 10.2. The summed E-state index contributed by atoms with van der Waals surface area (Å²) in [5, 5.41) is 0. The van der Waals surface area contributed by atoms with Gasteiger partial charge in [-0.05, 0) is 32.9 Å². The molecule has 1 aliphatic rings. The third-order valence-electron chi connectivity index (χ3n) is 2.11. The third-order valence-corrected chi connectivity index (χ3v) is 2.33. The third kappa shape index (κ3) is 1.84. The van der Waals surface area contributed by atoms with Gasteiger partial charge in [-0.3, -0.25) is 0 Å². The van der Waals surface area contributed by atoms with Gasteiger partial charge in [0.15, 0.2) is 0 Å². The Kier molecular flexibility index (Phi) is 2.80. The van der Waals surface area contributed by atoms with Gasteiger partial charge < -0.3 is 4.90 Å². The summed E-state index contributed by atoms with van der Waals surface area (Å²) in [7, 11) is 2.18. The van der Waals surface area contributed by atoms with Gasteiger partial charge in [-0.15, -0.1) is 11.6 Å². The van der Waals surface area contributed by atoms with E-state index in [0.29, 0.717) is 0 Å². The van der Waals surface area contributed by atoms with E-state index in [-0.39, 0.29) is 0 Å². The second kappa shape index (κ2) is 3.43. The molecule has 0 aromatic carbocycles. The fraction of sp³-hybridized carbons (Fsp3) is 1.00. The first kappa shape index (κ1) is 7.36. The topological polar surface area (TPSA) is 3.24 Å². The van der Waals surface area contributed by atoms with Crippen molar-refractivity contribution >= 4 is 11.6 Å². The summed E-state index contributed by atoms with van der Waals surface area (Å²) in [5.41, 5.74) is 0. The highest BCUT2D eigenvalue weighted by Crippen LogP contribution is 2.17. The Balaban J connectivity index is 2.22. The molecule has 0 aromatic rings. The molecular weight excluding hydrogens is 134 g/mol. The van der Waals surface area contributed by atoms with Crippen LogP contribution in [-0.4, -0.2) is 30.4 Å². The normalized spacial score (nSPS) is 29.3. The Morgan fingerprint density at radius 3 is 2.89 bits per heavy atom. The smallest absolute Gasteiger partial charge is 0.0238 e. The minimum atomic E-state index is 0.780. The van der Waals surface area contributed by atoms with Crippen LogP contribution in [0.2, 0.25) is 0 Å². The van der Waals surface area contributed by atoms with E-state index in [1.165, 1.54) is 19.4 Å². The molecule has 54 valence electrons. The molecule has 0 N–H and O–H groups in total. The number of nitrogens with zero attached hydrogens (tertiary/aromatic N) is 1. The standard InChI is InChI=1S/C7H14ClN/c1-9-6-2-3-7(9)4-5-8/h7H,2-6H2,1H3/t7-/m1/s1. The van der Waals surface area contributed by atoms with Crippen LogP contribution in [0.25, 0.3) is 0 Å². The van der Waals surface area contributed by atoms with Crippen LogP contribution in [0.5, 0.6) is 0 Å². The lowest BCUT2D eigenvalue weighted by molar-refractivity contribution is 0.305. The van der Waals surface area contributed by atoms with Crippen LogP contribution in [0.15, 0.2) is 0 Å². The fourth-order valence-electron chi connectivity index (χ4n) is 1.47. The van der Waals surface area contributed by atoms with E-state index in [9.17, 15) is 0 Å². The minimum Gasteiger partial charge on any atom is -0.303 e. The van der Waals surface area contributed by atoms with Gasteiger partial charge in [0.2, 0.25) is 0 Å². The summed E-state index contributed by atoms with van der Waals surface area (Å²) in [4.78, 5) is 2.41. The predicted molar refractivity (Wildman–Crippen MR) is 41.0 cm³/mol. The largest absolute Gasteiger partial charge is 0.303 e. The van der Waals surface area contributed by atoms with Crippen LogP contribution in [0, 0.1) is 0 Å². The van der Waals surface area contributed by atoms with Crippen LogP contribution in [0.3, 0.4) is 0 Å². The fourth-order valence-corrected chi connectivity index (χ4v) is 1.72. The van der Waals surface area contributed by atoms with Crippen molar-refractivity contribution in [2.75, 3.05) is 19.5 Å². The molecule has 1 saturated heterocycles. The molecule has 0 bridgehead atoms. The van der Waals surface area contributed by atoms with Crippen molar-refractivity contribution in [1.82, 2.24) is 4.90 Å². The monoisotopic (exact) mass is 147 g/mol. The molecule has 9 heavy (non-hydrogen) atoms. The van der Waals surface area contributed by atoms with E-state index in [0.717, 1.165) is 18.3 Å². The van der Waals surface area contributed by atoms with Crippen molar-refractivity contribution in [2.45, 2.75) is 25.3 Å². The van der Waals surface area contributed by atoms with Crippen molar-refractivity contribution in [2.24, 2.45) is 0 Å². The van der Waals surface area contributed by atoms with E-state index >= 15 is 0 Å². The number of hydrogen-bond donors (Lipinski definition) is 0. The van der Waals surface area contributed by atoms with Crippen LogP contribution in [-0.2, 0) is 0 Å². The number of likely N-dealkylation sites (tertiary alicyclic amines) is 1. The van der Waals surface area contributed by atoms with E-state index in [4.69, 9.17) is 11.6 Å². The maximum Gasteiger partial charge on any atom is 0.0238 e. The lowest BCUT2D eigenvalue weighted by Gasteiger charge is -2.17. The summed E-state index contributed by atoms with van der Waals surface area (Å²) in [6, 6.07) is 0.780. The van der Waals surface area contributed by atoms with Crippen LogP contribution < -0.4 is 0 Å². The summed E-state index contributed by atoms with van der Waals surface area (Å²) in [6.45, 7) is 1.27. The molecule has 0 aromatic heterocycles. The van der Waals surface area contributed by atoms with Crippen LogP contribution in [0.1, 0.15) is 19.3 Å². The summed E-state index contributed by atoms with van der Waals surface area (Å²) in [6.07, 6.45) is 3.87. The van der Waals surface area contributed by atoms with Crippen molar-refractivity contribution in [3.05, 3.63) is 0 Å². The molecule has 0 unspecified atom stereocenters. The van der Waals surface area contributed by atoms with Gasteiger partial charge in [0, 0.05) is 11.9 Å². The van der Waals surface area contributed by atoms with E-state index < -0.39 is 0 Å². The summed E-state index contributed by atoms with van der Waals surface area (Å²) < 4.78 is 0. The number of hydrogen-bond acceptors (Lipinski definition) is 1. The first-order chi connectivity index (χ1) is 4.34. The van der Waals surface area contributed by atoms with Gasteiger partial charge in [0.25, 0.3) is 0 Å². The zero-order valence-electron chi connectivity index (χ0n) is 5.94. The molecule has 1 fully saturated rings. The zero-order valence-corrected chi connectivity index (χ0v) is 6.69. The first-order valence-corrected chi connectivity index (χ1v) is 4.14. The Labute approximate surface area is 62.0 Å². The van der Waals surface area contributed by atoms with Crippen molar-refractivity contribution in [1.29, 1.82) is 0 Å². The van der Waals surface area contributed by atoms with Crippen LogP contribution >= 0.6 is 11.6 Å². The average Bonchev–Trinajstić information content (AvgIpc) is 2.18. The Morgan fingerprint density at radius 1 is 1.67 bits per heavy atom. The molecule has 1 rings (SSSR count). The van der Waals surface area contributed by atoms with Crippen molar-refractivity contribution in [3.63, 3.8) is 0 Å². The Hall–Kier alpha value is 0.250. The lowest BCUT2D eigenvalue weighted by Crippen LogP contribution is -2.24. The second-order valence-corrected chi connectivity index (χ2v) is 3.13.